The minimum absolute atomic E-state index is 0.199. The molecule has 1 amide bonds. The van der Waals surface area contributed by atoms with E-state index in [0.717, 1.165) is 6.20 Å². The Labute approximate surface area is 156 Å². The molecule has 27 heavy (non-hydrogen) atoms. The molecule has 144 valence electrons. The van der Waals surface area contributed by atoms with E-state index >= 15 is 0 Å². The zero-order valence-electron chi connectivity index (χ0n) is 15.2. The minimum Gasteiger partial charge on any atom is -0.326 e. The first kappa shape index (κ1) is 17.9. The van der Waals surface area contributed by atoms with Crippen LogP contribution in [0.1, 0.15) is 44.2 Å². The molecule has 4 N–H and O–H groups in total. The highest BCUT2D eigenvalue weighted by molar-refractivity contribution is 5.94. The summed E-state index contributed by atoms with van der Waals surface area (Å²) in [6.45, 7) is 1.74. The summed E-state index contributed by atoms with van der Waals surface area (Å²) in [7, 11) is 0. The van der Waals surface area contributed by atoms with Crippen LogP contribution in [-0.4, -0.2) is 26.7 Å². The van der Waals surface area contributed by atoms with Gasteiger partial charge in [-0.25, -0.2) is 4.39 Å². The molecule has 0 bridgehead atoms. The van der Waals surface area contributed by atoms with Crippen molar-refractivity contribution in [2.45, 2.75) is 44.7 Å². The summed E-state index contributed by atoms with van der Waals surface area (Å²) in [6, 6.07) is 0.196. The summed E-state index contributed by atoms with van der Waals surface area (Å²) >= 11 is 0. The molecule has 7 nitrogen and oxygen atoms in total. The van der Waals surface area contributed by atoms with E-state index in [1.807, 2.05) is 0 Å². The molecule has 0 radical (unpaired) electrons. The molecule has 2 aromatic rings. The summed E-state index contributed by atoms with van der Waals surface area (Å²) in [5, 5.41) is 7.03. The van der Waals surface area contributed by atoms with Crippen LogP contribution in [0.5, 0.6) is 0 Å². The maximum atomic E-state index is 13.4. The van der Waals surface area contributed by atoms with Crippen LogP contribution in [0.15, 0.2) is 29.5 Å². The molecule has 0 aliphatic heterocycles. The smallest absolute Gasteiger partial charge is 0.253 e. The Balaban J connectivity index is 1.45. The third-order valence-electron chi connectivity index (χ3n) is 5.66. The van der Waals surface area contributed by atoms with Crippen molar-refractivity contribution < 1.29 is 9.18 Å². The van der Waals surface area contributed by atoms with Gasteiger partial charge >= 0.3 is 0 Å². The highest BCUT2D eigenvalue weighted by Gasteiger charge is 2.46. The van der Waals surface area contributed by atoms with Gasteiger partial charge in [-0.1, -0.05) is 0 Å². The van der Waals surface area contributed by atoms with Crippen molar-refractivity contribution in [3.05, 3.63) is 46.4 Å². The van der Waals surface area contributed by atoms with Crippen LogP contribution in [0.4, 0.5) is 10.1 Å². The van der Waals surface area contributed by atoms with E-state index in [4.69, 9.17) is 5.73 Å². The highest BCUT2D eigenvalue weighted by atomic mass is 19.1. The molecule has 0 saturated heterocycles. The second kappa shape index (κ2) is 6.92. The van der Waals surface area contributed by atoms with Gasteiger partial charge in [-0.05, 0) is 56.4 Å². The normalized spacial score (nSPS) is 19.1. The maximum absolute atomic E-state index is 13.4. The van der Waals surface area contributed by atoms with Crippen molar-refractivity contribution >= 4 is 11.6 Å². The van der Waals surface area contributed by atoms with E-state index in [-0.39, 0.29) is 22.9 Å². The van der Waals surface area contributed by atoms with Crippen molar-refractivity contribution in [1.29, 1.82) is 0 Å². The first-order valence-electron chi connectivity index (χ1n) is 9.42. The Hall–Kier alpha value is -2.48. The fraction of sp³-hybridized carbons (Fsp3) is 0.526. The number of aromatic nitrogens is 3. The molecule has 2 saturated carbocycles. The van der Waals surface area contributed by atoms with Gasteiger partial charge in [0.25, 0.3) is 5.56 Å². The monoisotopic (exact) mass is 373 g/mol. The van der Waals surface area contributed by atoms with Gasteiger partial charge in [0.2, 0.25) is 5.91 Å². The molecule has 0 unspecified atom stereocenters. The number of hydrogen-bond donors (Lipinski definition) is 3. The van der Waals surface area contributed by atoms with E-state index < -0.39 is 17.9 Å². The summed E-state index contributed by atoms with van der Waals surface area (Å²) in [5.41, 5.74) is 6.66. The lowest BCUT2D eigenvalue weighted by molar-refractivity contribution is -0.118. The largest absolute Gasteiger partial charge is 0.326 e. The molecule has 2 aromatic heterocycles. The fourth-order valence-electron chi connectivity index (χ4n) is 3.87. The quantitative estimate of drug-likeness (QED) is 0.690. The minimum atomic E-state index is -0.519. The first-order chi connectivity index (χ1) is 12.9. The second-order valence-corrected chi connectivity index (χ2v) is 7.75. The van der Waals surface area contributed by atoms with Gasteiger partial charge in [-0.3, -0.25) is 14.3 Å². The van der Waals surface area contributed by atoms with Crippen LogP contribution >= 0.6 is 0 Å². The Morgan fingerprint density at radius 1 is 1.37 bits per heavy atom. The molecular formula is C19H24FN5O2. The van der Waals surface area contributed by atoms with Crippen molar-refractivity contribution in [3.8, 4) is 0 Å². The topological polar surface area (TPSA) is 106 Å². The predicted molar refractivity (Wildman–Crippen MR) is 98.6 cm³/mol. The number of hydrogen-bond acceptors (Lipinski definition) is 4. The van der Waals surface area contributed by atoms with Gasteiger partial charge in [0.1, 0.15) is 5.82 Å². The number of halogens is 1. The van der Waals surface area contributed by atoms with Crippen LogP contribution in [0.2, 0.25) is 0 Å². The van der Waals surface area contributed by atoms with E-state index in [2.05, 4.69) is 15.4 Å². The predicted octanol–water partition coefficient (Wildman–Crippen LogP) is 2.02. The molecule has 2 fully saturated rings. The molecule has 2 heterocycles. The van der Waals surface area contributed by atoms with Gasteiger partial charge in [0.05, 0.1) is 24.0 Å². The van der Waals surface area contributed by atoms with E-state index in [0.29, 0.717) is 17.5 Å². The summed E-state index contributed by atoms with van der Waals surface area (Å²) < 4.78 is 15.0. The lowest BCUT2D eigenvalue weighted by Gasteiger charge is -2.22. The second-order valence-electron chi connectivity index (χ2n) is 7.75. The maximum Gasteiger partial charge on any atom is 0.253 e. The average Bonchev–Trinajstić information content (AvgIpc) is 3.58. The number of nitrogens with zero attached hydrogens (tertiary/aromatic N) is 2. The molecule has 4 rings (SSSR count). The fourth-order valence-corrected chi connectivity index (χ4v) is 3.87. The average molecular weight is 373 g/mol. The Morgan fingerprint density at radius 2 is 2.04 bits per heavy atom. The number of carbonyl (C=O) groups excluding carboxylic acids is 1. The third kappa shape index (κ3) is 3.80. The number of H-pyrrole nitrogens is 1. The van der Waals surface area contributed by atoms with Gasteiger partial charge in [0.15, 0.2) is 0 Å². The number of nitrogens with one attached hydrogen (secondary N) is 2. The Bertz CT molecular complexity index is 888. The highest BCUT2D eigenvalue weighted by Crippen LogP contribution is 2.50. The SMILES string of the molecule is C[C@@H](c1cc(F)c[nH]c1=O)n1cc(NC(=O)[C@@H](N)C(C2CC2)C2CC2)cn1. The van der Waals surface area contributed by atoms with Gasteiger partial charge in [-0.15, -0.1) is 0 Å². The first-order valence-corrected chi connectivity index (χ1v) is 9.42. The van der Waals surface area contributed by atoms with E-state index in [1.54, 1.807) is 13.1 Å². The van der Waals surface area contributed by atoms with Crippen LogP contribution in [0, 0.1) is 23.6 Å². The lowest BCUT2D eigenvalue weighted by Crippen LogP contribution is -2.43. The van der Waals surface area contributed by atoms with Crippen LogP contribution in [0.3, 0.4) is 0 Å². The number of amides is 1. The molecule has 8 heteroatoms. The number of aromatic amines is 1. The van der Waals surface area contributed by atoms with Crippen LogP contribution in [0.25, 0.3) is 0 Å². The van der Waals surface area contributed by atoms with Gasteiger partial charge in [-0.2, -0.15) is 5.10 Å². The molecule has 2 aliphatic rings. The molecule has 2 aliphatic carbocycles. The summed E-state index contributed by atoms with van der Waals surface area (Å²) in [4.78, 5) is 26.9. The molecule has 2 atom stereocenters. The summed E-state index contributed by atoms with van der Waals surface area (Å²) in [5.74, 6) is 0.718. The lowest BCUT2D eigenvalue weighted by atomic mass is 9.89. The number of rotatable bonds is 7. The van der Waals surface area contributed by atoms with Crippen molar-refractivity contribution in [3.63, 3.8) is 0 Å². The molecule has 0 spiro atoms. The Morgan fingerprint density at radius 3 is 2.67 bits per heavy atom. The van der Waals surface area contributed by atoms with E-state index in [9.17, 15) is 14.0 Å². The van der Waals surface area contributed by atoms with Crippen LogP contribution in [-0.2, 0) is 4.79 Å². The summed E-state index contributed by atoms with van der Waals surface area (Å²) in [6.07, 6.45) is 8.82. The zero-order chi connectivity index (χ0) is 19.1. The van der Waals surface area contributed by atoms with Crippen molar-refractivity contribution in [2.24, 2.45) is 23.5 Å². The molecular weight excluding hydrogens is 349 g/mol. The van der Waals surface area contributed by atoms with E-state index in [1.165, 1.54) is 42.6 Å². The number of pyridine rings is 1. The third-order valence-corrected chi connectivity index (χ3v) is 5.66. The van der Waals surface area contributed by atoms with Crippen molar-refractivity contribution in [1.82, 2.24) is 14.8 Å². The van der Waals surface area contributed by atoms with Gasteiger partial charge < -0.3 is 16.0 Å². The molecule has 0 aromatic carbocycles. The van der Waals surface area contributed by atoms with Crippen molar-refractivity contribution in [2.75, 3.05) is 5.32 Å². The van der Waals surface area contributed by atoms with Crippen LogP contribution < -0.4 is 16.6 Å². The number of anilines is 1. The number of carbonyl (C=O) groups is 1. The Kier molecular flexibility index (Phi) is 4.59. The zero-order valence-corrected chi connectivity index (χ0v) is 15.2. The standard InChI is InChI=1S/C19H24FN5O2/c1-10(15-6-13(20)7-22-18(15)26)25-9-14(8-23-25)24-19(27)17(21)16(11-2-3-11)12-4-5-12/h6-12,16-17H,2-5,21H2,1H3,(H,22,26)(H,24,27)/t10-,17-/m0/s1. The number of nitrogens with two attached hydrogens (primary N) is 1. The van der Waals surface area contributed by atoms with Gasteiger partial charge in [0, 0.05) is 18.0 Å².